The molecule has 0 unspecified atom stereocenters. The molecule has 1 aliphatic rings. The number of aromatic nitrogens is 3. The third-order valence-corrected chi connectivity index (χ3v) is 6.23. The summed E-state index contributed by atoms with van der Waals surface area (Å²) in [7, 11) is 1.45. The number of rotatable bonds is 5. The van der Waals surface area contributed by atoms with Gasteiger partial charge in [-0.2, -0.15) is 5.10 Å². The van der Waals surface area contributed by atoms with Crippen LogP contribution in [-0.4, -0.2) is 45.7 Å². The summed E-state index contributed by atoms with van der Waals surface area (Å²) >= 11 is 0. The second-order valence-electron chi connectivity index (χ2n) is 8.53. The third kappa shape index (κ3) is 3.14. The van der Waals surface area contributed by atoms with E-state index < -0.39 is 17.9 Å². The first-order valence-corrected chi connectivity index (χ1v) is 10.6. The Bertz CT molecular complexity index is 1340. The van der Waals surface area contributed by atoms with Crippen LogP contribution in [0.4, 0.5) is 4.39 Å². The standard InChI is InChI=1S/C24H24FN3O4/c1-12(2)23-22(14-7-21(24(29)30)32-11-14)16-9-18-13(10-26-27-18)6-19(16)28(23)15-4-5-17(25)20(8-15)31-3/h4-6,8-10,12,14,21H,7,11H2,1-3H3,(H,26,27)(H,29,30)/t14-,21+/m1/s1. The van der Waals surface area contributed by atoms with Gasteiger partial charge in [0, 0.05) is 34.1 Å². The highest BCUT2D eigenvalue weighted by atomic mass is 19.1. The summed E-state index contributed by atoms with van der Waals surface area (Å²) in [6, 6.07) is 8.94. The summed E-state index contributed by atoms with van der Waals surface area (Å²) in [6.45, 7) is 4.54. The second-order valence-corrected chi connectivity index (χ2v) is 8.53. The fourth-order valence-electron chi connectivity index (χ4n) is 4.83. The summed E-state index contributed by atoms with van der Waals surface area (Å²) in [5, 5.41) is 18.6. The number of fused-ring (bicyclic) bond motifs is 2. The SMILES string of the molecule is COc1cc(-n2c(C(C)C)c([C@H]3CO[C@H](C(=O)O)C3)c3cc4[nH]ncc4cc32)ccc1F. The second kappa shape index (κ2) is 7.63. The number of carbonyl (C=O) groups is 1. The molecule has 8 heteroatoms. The van der Waals surface area contributed by atoms with Crippen LogP contribution in [0.5, 0.6) is 5.75 Å². The lowest BCUT2D eigenvalue weighted by atomic mass is 9.90. The van der Waals surface area contributed by atoms with E-state index in [4.69, 9.17) is 9.47 Å². The number of hydrogen-bond donors (Lipinski definition) is 2. The van der Waals surface area contributed by atoms with Crippen LogP contribution in [0.25, 0.3) is 27.5 Å². The molecule has 3 heterocycles. The molecule has 2 aromatic carbocycles. The Morgan fingerprint density at radius 2 is 2.16 bits per heavy atom. The number of H-pyrrole nitrogens is 1. The molecule has 2 atom stereocenters. The van der Waals surface area contributed by atoms with Gasteiger partial charge in [-0.1, -0.05) is 13.8 Å². The Labute approximate surface area is 183 Å². The number of aliphatic carboxylic acids is 1. The highest BCUT2D eigenvalue weighted by Crippen LogP contribution is 2.43. The number of carboxylic acids is 1. The van der Waals surface area contributed by atoms with Crippen molar-refractivity contribution in [2.45, 2.75) is 38.2 Å². The van der Waals surface area contributed by atoms with E-state index in [1.807, 2.05) is 0 Å². The van der Waals surface area contributed by atoms with E-state index in [2.05, 4.69) is 40.7 Å². The van der Waals surface area contributed by atoms with Gasteiger partial charge < -0.3 is 19.1 Å². The van der Waals surface area contributed by atoms with Crippen molar-refractivity contribution in [2.75, 3.05) is 13.7 Å². The maximum atomic E-state index is 14.2. The van der Waals surface area contributed by atoms with Gasteiger partial charge in [0.05, 0.1) is 30.9 Å². The molecule has 32 heavy (non-hydrogen) atoms. The number of halogens is 1. The zero-order valence-corrected chi connectivity index (χ0v) is 18.1. The minimum atomic E-state index is -0.943. The molecule has 1 fully saturated rings. The topological polar surface area (TPSA) is 89.4 Å². The summed E-state index contributed by atoms with van der Waals surface area (Å²) in [5.41, 5.74) is 4.74. The van der Waals surface area contributed by atoms with Crippen LogP contribution in [0.2, 0.25) is 0 Å². The van der Waals surface area contributed by atoms with Crippen LogP contribution in [0.3, 0.4) is 0 Å². The van der Waals surface area contributed by atoms with Crippen LogP contribution >= 0.6 is 0 Å². The monoisotopic (exact) mass is 437 g/mol. The van der Waals surface area contributed by atoms with Gasteiger partial charge in [0.2, 0.25) is 0 Å². The van der Waals surface area contributed by atoms with Gasteiger partial charge in [0.25, 0.3) is 0 Å². The Morgan fingerprint density at radius 1 is 1.34 bits per heavy atom. The number of nitrogens with one attached hydrogen (secondary N) is 1. The van der Waals surface area contributed by atoms with E-state index in [0.717, 1.165) is 38.8 Å². The summed E-state index contributed by atoms with van der Waals surface area (Å²) in [6.07, 6.45) is 1.35. The number of benzene rings is 2. The van der Waals surface area contributed by atoms with Crippen molar-refractivity contribution in [1.82, 2.24) is 14.8 Å². The fourth-order valence-corrected chi connectivity index (χ4v) is 4.83. The molecule has 0 spiro atoms. The first-order valence-electron chi connectivity index (χ1n) is 10.6. The van der Waals surface area contributed by atoms with Crippen molar-refractivity contribution in [3.05, 3.63) is 53.6 Å². The molecule has 5 rings (SSSR count). The van der Waals surface area contributed by atoms with Gasteiger partial charge in [-0.3, -0.25) is 5.10 Å². The average Bonchev–Trinajstić information content (AvgIpc) is 3.49. The van der Waals surface area contributed by atoms with Crippen molar-refractivity contribution in [3.8, 4) is 11.4 Å². The van der Waals surface area contributed by atoms with E-state index in [9.17, 15) is 14.3 Å². The third-order valence-electron chi connectivity index (χ3n) is 6.23. The molecule has 0 bridgehead atoms. The van der Waals surface area contributed by atoms with E-state index in [0.29, 0.717) is 13.0 Å². The van der Waals surface area contributed by atoms with Gasteiger partial charge in [-0.05, 0) is 42.2 Å². The van der Waals surface area contributed by atoms with Crippen molar-refractivity contribution in [2.24, 2.45) is 0 Å². The van der Waals surface area contributed by atoms with Crippen molar-refractivity contribution in [1.29, 1.82) is 0 Å². The lowest BCUT2D eigenvalue weighted by molar-refractivity contribution is -0.147. The summed E-state index contributed by atoms with van der Waals surface area (Å²) in [5.74, 6) is -1.15. The summed E-state index contributed by atoms with van der Waals surface area (Å²) in [4.78, 5) is 11.5. The van der Waals surface area contributed by atoms with E-state index in [1.165, 1.54) is 13.2 Å². The number of carboxylic acid groups (broad SMARTS) is 1. The minimum absolute atomic E-state index is 0.0695. The van der Waals surface area contributed by atoms with E-state index in [-0.39, 0.29) is 17.6 Å². The molecule has 7 nitrogen and oxygen atoms in total. The predicted octanol–water partition coefficient (Wildman–Crippen LogP) is 4.74. The number of methoxy groups -OCH3 is 1. The van der Waals surface area contributed by atoms with Crippen LogP contribution in [0, 0.1) is 5.82 Å². The molecule has 2 aromatic heterocycles. The normalized spacial score (nSPS) is 18.8. The van der Waals surface area contributed by atoms with Gasteiger partial charge in [-0.25, -0.2) is 9.18 Å². The average molecular weight is 437 g/mol. The van der Waals surface area contributed by atoms with E-state index >= 15 is 0 Å². The van der Waals surface area contributed by atoms with Crippen molar-refractivity contribution in [3.63, 3.8) is 0 Å². The maximum Gasteiger partial charge on any atom is 0.332 e. The highest BCUT2D eigenvalue weighted by molar-refractivity contribution is 5.99. The van der Waals surface area contributed by atoms with Crippen LogP contribution in [0.15, 0.2) is 36.5 Å². The first-order chi connectivity index (χ1) is 15.4. The molecule has 0 saturated carbocycles. The van der Waals surface area contributed by atoms with Crippen molar-refractivity contribution < 1.29 is 23.8 Å². The zero-order chi connectivity index (χ0) is 22.6. The minimum Gasteiger partial charge on any atom is -0.494 e. The molecular weight excluding hydrogens is 413 g/mol. The van der Waals surface area contributed by atoms with E-state index in [1.54, 1.807) is 18.3 Å². The predicted molar refractivity (Wildman–Crippen MR) is 118 cm³/mol. The molecule has 0 amide bonds. The maximum absolute atomic E-state index is 14.2. The smallest absolute Gasteiger partial charge is 0.332 e. The number of aromatic amines is 1. The molecule has 0 radical (unpaired) electrons. The van der Waals surface area contributed by atoms with Gasteiger partial charge in [-0.15, -0.1) is 0 Å². The molecule has 0 aliphatic carbocycles. The molecule has 1 aliphatic heterocycles. The van der Waals surface area contributed by atoms with Gasteiger partial charge >= 0.3 is 5.97 Å². The fraction of sp³-hybridized carbons (Fsp3) is 0.333. The Morgan fingerprint density at radius 3 is 2.84 bits per heavy atom. The Kier molecular flexibility index (Phi) is 4.89. The van der Waals surface area contributed by atoms with Crippen LogP contribution < -0.4 is 4.74 Å². The molecule has 166 valence electrons. The molecule has 1 saturated heterocycles. The number of ether oxygens (including phenoxy) is 2. The number of hydrogen-bond acceptors (Lipinski definition) is 4. The van der Waals surface area contributed by atoms with Crippen LogP contribution in [-0.2, 0) is 9.53 Å². The lowest BCUT2D eigenvalue weighted by Crippen LogP contribution is -2.18. The molecular formula is C24H24FN3O4. The molecule has 2 N–H and O–H groups in total. The molecule has 4 aromatic rings. The van der Waals surface area contributed by atoms with Crippen molar-refractivity contribution >= 4 is 27.8 Å². The van der Waals surface area contributed by atoms with Gasteiger partial charge in [0.1, 0.15) is 0 Å². The number of nitrogens with zero attached hydrogens (tertiary/aromatic N) is 2. The highest BCUT2D eigenvalue weighted by Gasteiger charge is 2.36. The van der Waals surface area contributed by atoms with Crippen LogP contribution in [0.1, 0.15) is 43.4 Å². The largest absolute Gasteiger partial charge is 0.494 e. The lowest BCUT2D eigenvalue weighted by Gasteiger charge is -2.18. The first kappa shape index (κ1) is 20.5. The van der Waals surface area contributed by atoms with Gasteiger partial charge in [0.15, 0.2) is 17.7 Å². The summed E-state index contributed by atoms with van der Waals surface area (Å²) < 4.78 is 27.1. The zero-order valence-electron chi connectivity index (χ0n) is 18.1. The Hall–Kier alpha value is -3.39. The quantitative estimate of drug-likeness (QED) is 0.471. The Balaban J connectivity index is 1.83.